The first kappa shape index (κ1) is 18.6. The van der Waals surface area contributed by atoms with Gasteiger partial charge in [0.05, 0.1) is 22.7 Å². The van der Waals surface area contributed by atoms with Gasteiger partial charge >= 0.3 is 5.69 Å². The van der Waals surface area contributed by atoms with Crippen molar-refractivity contribution in [3.8, 4) is 5.69 Å². The van der Waals surface area contributed by atoms with E-state index in [0.717, 1.165) is 29.4 Å². The number of sulfone groups is 1. The van der Waals surface area contributed by atoms with Crippen molar-refractivity contribution in [2.45, 2.75) is 25.7 Å². The molecule has 0 saturated heterocycles. The van der Waals surface area contributed by atoms with Crippen molar-refractivity contribution in [2.24, 2.45) is 0 Å². The maximum atomic E-state index is 12.9. The van der Waals surface area contributed by atoms with Gasteiger partial charge in [-0.25, -0.2) is 13.2 Å². The van der Waals surface area contributed by atoms with Crippen LogP contribution in [0.1, 0.15) is 30.0 Å². The molecule has 0 atom stereocenters. The van der Waals surface area contributed by atoms with E-state index in [1.807, 2.05) is 25.1 Å². The zero-order chi connectivity index (χ0) is 19.9. The number of anilines is 1. The minimum Gasteiger partial charge on any atom is -0.368 e. The van der Waals surface area contributed by atoms with E-state index in [0.29, 0.717) is 17.4 Å². The number of aromatic nitrogens is 3. The predicted molar refractivity (Wildman–Crippen MR) is 110 cm³/mol. The molecule has 146 valence electrons. The molecule has 2 heterocycles. The summed E-state index contributed by atoms with van der Waals surface area (Å²) in [6.07, 6.45) is 5.19. The van der Waals surface area contributed by atoms with Crippen LogP contribution in [-0.4, -0.2) is 41.5 Å². The number of hydrogen-bond acceptors (Lipinski definition) is 6. The molecule has 8 heteroatoms. The SMILES string of the molecule is Cc1ncccc1-n1c(=O)nc(NCCS(C)(=O)=O)c2ccc(C3CC3)cc21. The monoisotopic (exact) mass is 398 g/mol. The van der Waals surface area contributed by atoms with Crippen molar-refractivity contribution in [1.82, 2.24) is 14.5 Å². The fourth-order valence-corrected chi connectivity index (χ4v) is 3.82. The van der Waals surface area contributed by atoms with Crippen molar-refractivity contribution in [3.05, 3.63) is 58.3 Å². The second-order valence-electron chi connectivity index (χ2n) is 7.29. The molecule has 1 aliphatic carbocycles. The summed E-state index contributed by atoms with van der Waals surface area (Å²) < 4.78 is 24.4. The first-order valence-electron chi connectivity index (χ1n) is 9.24. The van der Waals surface area contributed by atoms with Crippen molar-refractivity contribution in [2.75, 3.05) is 23.9 Å². The van der Waals surface area contributed by atoms with E-state index in [4.69, 9.17) is 0 Å². The Bertz CT molecular complexity index is 1210. The van der Waals surface area contributed by atoms with Crippen LogP contribution in [0.2, 0.25) is 0 Å². The lowest BCUT2D eigenvalue weighted by molar-refractivity contribution is 0.602. The van der Waals surface area contributed by atoms with E-state index >= 15 is 0 Å². The van der Waals surface area contributed by atoms with Gasteiger partial charge in [0.2, 0.25) is 0 Å². The van der Waals surface area contributed by atoms with Gasteiger partial charge in [-0.3, -0.25) is 9.55 Å². The highest BCUT2D eigenvalue weighted by Crippen LogP contribution is 2.41. The molecule has 7 nitrogen and oxygen atoms in total. The van der Waals surface area contributed by atoms with Gasteiger partial charge in [0.1, 0.15) is 15.7 Å². The Morgan fingerprint density at radius 3 is 2.71 bits per heavy atom. The summed E-state index contributed by atoms with van der Waals surface area (Å²) >= 11 is 0. The number of hydrogen-bond donors (Lipinski definition) is 1. The van der Waals surface area contributed by atoms with Crippen molar-refractivity contribution < 1.29 is 8.42 Å². The van der Waals surface area contributed by atoms with Crippen LogP contribution in [0.5, 0.6) is 0 Å². The highest BCUT2D eigenvalue weighted by atomic mass is 32.2. The lowest BCUT2D eigenvalue weighted by Crippen LogP contribution is -2.25. The second kappa shape index (κ2) is 7.01. The average Bonchev–Trinajstić information content (AvgIpc) is 3.46. The standard InChI is InChI=1S/C20H22N4O3S/c1-13-17(4-3-9-21-13)24-18-12-15(14-5-6-14)7-8-16(18)19(23-20(24)25)22-10-11-28(2,26)27/h3-4,7-9,12,14H,5-6,10-11H2,1-2H3,(H,22,23,25). The first-order chi connectivity index (χ1) is 13.3. The molecule has 0 aliphatic heterocycles. The van der Waals surface area contributed by atoms with Gasteiger partial charge in [0, 0.05) is 24.4 Å². The predicted octanol–water partition coefficient (Wildman–Crippen LogP) is 2.42. The van der Waals surface area contributed by atoms with E-state index in [1.165, 1.54) is 11.8 Å². The zero-order valence-electron chi connectivity index (χ0n) is 15.8. The minimum absolute atomic E-state index is 0.0267. The minimum atomic E-state index is -3.11. The van der Waals surface area contributed by atoms with Crippen molar-refractivity contribution in [3.63, 3.8) is 0 Å². The molecule has 0 spiro atoms. The molecule has 2 aromatic heterocycles. The van der Waals surface area contributed by atoms with Crippen molar-refractivity contribution >= 4 is 26.6 Å². The van der Waals surface area contributed by atoms with E-state index in [2.05, 4.69) is 21.4 Å². The summed E-state index contributed by atoms with van der Waals surface area (Å²) in [5, 5.41) is 3.80. The van der Waals surface area contributed by atoms with Gasteiger partial charge in [-0.15, -0.1) is 0 Å². The molecule has 1 saturated carbocycles. The number of benzene rings is 1. The summed E-state index contributed by atoms with van der Waals surface area (Å²) in [5.74, 6) is 0.919. The van der Waals surface area contributed by atoms with E-state index in [9.17, 15) is 13.2 Å². The molecule has 0 unspecified atom stereocenters. The molecule has 0 radical (unpaired) electrons. The largest absolute Gasteiger partial charge is 0.368 e. The van der Waals surface area contributed by atoms with Crippen LogP contribution < -0.4 is 11.0 Å². The topological polar surface area (TPSA) is 93.9 Å². The lowest BCUT2D eigenvalue weighted by atomic mass is 10.1. The van der Waals surface area contributed by atoms with Crippen LogP contribution in [-0.2, 0) is 9.84 Å². The molecule has 1 aliphatic rings. The van der Waals surface area contributed by atoms with Crippen LogP contribution in [0.3, 0.4) is 0 Å². The van der Waals surface area contributed by atoms with Crippen LogP contribution in [0.4, 0.5) is 5.82 Å². The number of fused-ring (bicyclic) bond motifs is 1. The highest BCUT2D eigenvalue weighted by molar-refractivity contribution is 7.90. The summed E-state index contributed by atoms with van der Waals surface area (Å²) in [7, 11) is -3.11. The third kappa shape index (κ3) is 3.77. The van der Waals surface area contributed by atoms with Crippen LogP contribution in [0.15, 0.2) is 41.3 Å². The smallest absolute Gasteiger partial charge is 0.354 e. The first-order valence-corrected chi connectivity index (χ1v) is 11.3. The van der Waals surface area contributed by atoms with Gasteiger partial charge in [-0.1, -0.05) is 6.07 Å². The molecular formula is C20H22N4O3S. The van der Waals surface area contributed by atoms with Gasteiger partial charge in [0.25, 0.3) is 0 Å². The van der Waals surface area contributed by atoms with Crippen molar-refractivity contribution in [1.29, 1.82) is 0 Å². The number of aryl methyl sites for hydroxylation is 1. The summed E-state index contributed by atoms with van der Waals surface area (Å²) in [6, 6.07) is 9.72. The van der Waals surface area contributed by atoms with E-state index < -0.39 is 15.5 Å². The molecule has 1 fully saturated rings. The number of pyridine rings is 1. The summed E-state index contributed by atoms with van der Waals surface area (Å²) in [6.45, 7) is 2.05. The molecular weight excluding hydrogens is 376 g/mol. The van der Waals surface area contributed by atoms with E-state index in [-0.39, 0.29) is 12.3 Å². The third-order valence-electron chi connectivity index (χ3n) is 4.95. The van der Waals surface area contributed by atoms with Crippen LogP contribution in [0.25, 0.3) is 16.6 Å². The molecule has 1 aromatic carbocycles. The number of nitrogens with one attached hydrogen (secondary N) is 1. The Kier molecular flexibility index (Phi) is 4.66. The normalized spacial score (nSPS) is 14.4. The Labute approximate surface area is 163 Å². The van der Waals surface area contributed by atoms with Crippen LogP contribution >= 0.6 is 0 Å². The summed E-state index contributed by atoms with van der Waals surface area (Å²) in [5.41, 5.74) is 2.97. The van der Waals surface area contributed by atoms with Gasteiger partial charge < -0.3 is 5.32 Å². The second-order valence-corrected chi connectivity index (χ2v) is 9.55. The molecule has 3 aromatic rings. The Morgan fingerprint density at radius 2 is 2.04 bits per heavy atom. The third-order valence-corrected chi connectivity index (χ3v) is 5.90. The number of rotatable bonds is 6. The molecule has 28 heavy (non-hydrogen) atoms. The molecule has 1 N–H and O–H groups in total. The zero-order valence-corrected chi connectivity index (χ0v) is 16.7. The fourth-order valence-electron chi connectivity index (χ4n) is 3.35. The maximum absolute atomic E-state index is 12.9. The number of nitrogens with zero attached hydrogens (tertiary/aromatic N) is 3. The van der Waals surface area contributed by atoms with E-state index in [1.54, 1.807) is 16.8 Å². The maximum Gasteiger partial charge on any atom is 0.354 e. The van der Waals surface area contributed by atoms with Gasteiger partial charge in [-0.2, -0.15) is 4.98 Å². The molecule has 0 bridgehead atoms. The van der Waals surface area contributed by atoms with Gasteiger partial charge in [0.15, 0.2) is 0 Å². The average molecular weight is 398 g/mol. The molecule has 4 rings (SSSR count). The fraction of sp³-hybridized carbons (Fsp3) is 0.350. The highest BCUT2D eigenvalue weighted by Gasteiger charge is 2.24. The van der Waals surface area contributed by atoms with Crippen LogP contribution in [0, 0.1) is 6.92 Å². The van der Waals surface area contributed by atoms with Gasteiger partial charge in [-0.05, 0) is 55.5 Å². The Morgan fingerprint density at radius 1 is 1.25 bits per heavy atom. The lowest BCUT2D eigenvalue weighted by Gasteiger charge is -2.16. The Hall–Kier alpha value is -2.74. The Balaban J connectivity index is 1.88. The quantitative estimate of drug-likeness (QED) is 0.685. The molecule has 0 amide bonds. The summed E-state index contributed by atoms with van der Waals surface area (Å²) in [4.78, 5) is 21.4.